The topological polar surface area (TPSA) is 26.3 Å². The van der Waals surface area contributed by atoms with E-state index in [1.165, 1.54) is 32.1 Å². The second-order valence-electron chi connectivity index (χ2n) is 8.12. The van der Waals surface area contributed by atoms with Gasteiger partial charge in [0.1, 0.15) is 5.60 Å². The van der Waals surface area contributed by atoms with Crippen LogP contribution in [0.15, 0.2) is 0 Å². The number of carbonyl (C=O) groups is 1. The molecule has 4 bridgehead atoms. The van der Waals surface area contributed by atoms with Crippen molar-refractivity contribution in [2.24, 2.45) is 29.1 Å². The molecule has 0 aliphatic heterocycles. The summed E-state index contributed by atoms with van der Waals surface area (Å²) in [6, 6.07) is 0. The minimum absolute atomic E-state index is 0. The van der Waals surface area contributed by atoms with Crippen LogP contribution in [0.5, 0.6) is 0 Å². The van der Waals surface area contributed by atoms with Crippen molar-refractivity contribution >= 4 is 5.97 Å². The Morgan fingerprint density at radius 1 is 1.05 bits per heavy atom. The van der Waals surface area contributed by atoms with E-state index < -0.39 is 0 Å². The molecule has 4 saturated carbocycles. The van der Waals surface area contributed by atoms with Crippen LogP contribution in [0.2, 0.25) is 0 Å². The van der Waals surface area contributed by atoms with Gasteiger partial charge in [0, 0.05) is 0 Å². The Hall–Kier alpha value is -0.530. The standard InChI is InChI=1S/C17H28O2.2CH4/c1-5-16(2,3)15(18)19-17(4)13-7-11-6-12(9-13)10-14(17)8-11;;/h11-14H,5-10H2,1-4H3;2*1H4. The van der Waals surface area contributed by atoms with E-state index in [0.717, 1.165) is 18.3 Å². The first-order valence-corrected chi connectivity index (χ1v) is 8.08. The maximum Gasteiger partial charge on any atom is 0.312 e. The van der Waals surface area contributed by atoms with Crippen LogP contribution in [0.1, 0.15) is 81.1 Å². The first kappa shape index (κ1) is 18.5. The molecule has 0 unspecified atom stereocenters. The van der Waals surface area contributed by atoms with Gasteiger partial charge in [-0.25, -0.2) is 0 Å². The number of esters is 1. The van der Waals surface area contributed by atoms with E-state index in [2.05, 4.69) is 13.8 Å². The van der Waals surface area contributed by atoms with Gasteiger partial charge in [-0.2, -0.15) is 0 Å². The lowest BCUT2D eigenvalue weighted by Crippen LogP contribution is -2.58. The van der Waals surface area contributed by atoms with Crippen molar-refractivity contribution in [3.05, 3.63) is 0 Å². The highest BCUT2D eigenvalue weighted by Gasteiger charge is 2.57. The van der Waals surface area contributed by atoms with E-state index in [0.29, 0.717) is 11.8 Å². The molecule has 4 aliphatic rings. The minimum Gasteiger partial charge on any atom is -0.458 e. The van der Waals surface area contributed by atoms with Gasteiger partial charge in [0.15, 0.2) is 0 Å². The van der Waals surface area contributed by atoms with Crippen LogP contribution in [0.25, 0.3) is 0 Å². The van der Waals surface area contributed by atoms with E-state index >= 15 is 0 Å². The molecule has 0 spiro atoms. The molecule has 0 aromatic rings. The average Bonchev–Trinajstić information content (AvgIpc) is 2.35. The Balaban J connectivity index is 0.00000110. The van der Waals surface area contributed by atoms with Gasteiger partial charge in [-0.05, 0) is 83.0 Å². The molecular weight excluding hydrogens is 260 g/mol. The molecule has 21 heavy (non-hydrogen) atoms. The summed E-state index contributed by atoms with van der Waals surface area (Å²) in [4.78, 5) is 12.5. The highest BCUT2D eigenvalue weighted by atomic mass is 16.6. The lowest BCUT2D eigenvalue weighted by atomic mass is 9.50. The molecule has 0 heterocycles. The molecule has 4 aliphatic carbocycles. The second kappa shape index (κ2) is 5.93. The van der Waals surface area contributed by atoms with E-state index in [1.54, 1.807) is 0 Å². The monoisotopic (exact) mass is 296 g/mol. The van der Waals surface area contributed by atoms with Gasteiger partial charge in [0.05, 0.1) is 5.41 Å². The highest BCUT2D eigenvalue weighted by molar-refractivity contribution is 5.76. The molecule has 124 valence electrons. The van der Waals surface area contributed by atoms with Gasteiger partial charge < -0.3 is 4.74 Å². The summed E-state index contributed by atoms with van der Waals surface area (Å²) >= 11 is 0. The van der Waals surface area contributed by atoms with E-state index in [4.69, 9.17) is 4.74 Å². The van der Waals surface area contributed by atoms with Gasteiger partial charge in [-0.3, -0.25) is 4.79 Å². The van der Waals surface area contributed by atoms with Crippen molar-refractivity contribution in [2.75, 3.05) is 0 Å². The van der Waals surface area contributed by atoms with Crippen LogP contribution < -0.4 is 0 Å². The predicted octanol–water partition coefficient (Wildman–Crippen LogP) is 5.45. The van der Waals surface area contributed by atoms with Gasteiger partial charge in [-0.1, -0.05) is 21.8 Å². The molecule has 4 rings (SSSR count). The maximum absolute atomic E-state index is 12.5. The highest BCUT2D eigenvalue weighted by Crippen LogP contribution is 2.59. The van der Waals surface area contributed by atoms with Gasteiger partial charge >= 0.3 is 5.97 Å². The average molecular weight is 296 g/mol. The lowest BCUT2D eigenvalue weighted by Gasteiger charge is -2.59. The first-order valence-electron chi connectivity index (χ1n) is 8.08. The molecule has 0 aromatic carbocycles. The van der Waals surface area contributed by atoms with Crippen molar-refractivity contribution in [1.29, 1.82) is 0 Å². The van der Waals surface area contributed by atoms with Crippen LogP contribution in [-0.2, 0) is 9.53 Å². The quantitative estimate of drug-likeness (QED) is 0.647. The van der Waals surface area contributed by atoms with Crippen LogP contribution in [0, 0.1) is 29.1 Å². The molecule has 4 fully saturated rings. The third-order valence-electron chi connectivity index (χ3n) is 6.51. The van der Waals surface area contributed by atoms with Crippen LogP contribution in [0.3, 0.4) is 0 Å². The number of hydrogen-bond donors (Lipinski definition) is 0. The predicted molar refractivity (Wildman–Crippen MR) is 89.1 cm³/mol. The van der Waals surface area contributed by atoms with Crippen LogP contribution >= 0.6 is 0 Å². The minimum atomic E-state index is -0.336. The number of carbonyl (C=O) groups excluding carboxylic acids is 1. The fraction of sp³-hybridized carbons (Fsp3) is 0.947. The summed E-state index contributed by atoms with van der Waals surface area (Å²) in [5.41, 5.74) is -0.505. The zero-order chi connectivity index (χ0) is 13.8. The summed E-state index contributed by atoms with van der Waals surface area (Å²) < 4.78 is 6.13. The number of ether oxygens (including phenoxy) is 1. The fourth-order valence-electron chi connectivity index (χ4n) is 4.77. The third kappa shape index (κ3) is 2.87. The zero-order valence-electron chi connectivity index (χ0n) is 12.9. The summed E-state index contributed by atoms with van der Waals surface area (Å²) in [5, 5.41) is 0. The lowest BCUT2D eigenvalue weighted by molar-refractivity contribution is -0.211. The van der Waals surface area contributed by atoms with Crippen molar-refractivity contribution in [1.82, 2.24) is 0 Å². The van der Waals surface area contributed by atoms with Gasteiger partial charge in [-0.15, -0.1) is 0 Å². The summed E-state index contributed by atoms with van der Waals surface area (Å²) in [5.74, 6) is 3.12. The first-order chi connectivity index (χ1) is 8.85. The Kier molecular flexibility index (Phi) is 5.23. The van der Waals surface area contributed by atoms with Gasteiger partial charge in [0.25, 0.3) is 0 Å². The second-order valence-corrected chi connectivity index (χ2v) is 8.12. The largest absolute Gasteiger partial charge is 0.458 e. The molecule has 2 nitrogen and oxygen atoms in total. The zero-order valence-corrected chi connectivity index (χ0v) is 12.9. The number of hydrogen-bond acceptors (Lipinski definition) is 2. The molecular formula is C19H36O2. The Bertz CT molecular complexity index is 355. The van der Waals surface area contributed by atoms with Gasteiger partial charge in [0.2, 0.25) is 0 Å². The van der Waals surface area contributed by atoms with E-state index in [-0.39, 0.29) is 31.8 Å². The molecule has 0 amide bonds. The SMILES string of the molecule is C.C.CCC(C)(C)C(=O)OC1(C)C2CC3CC(C2)CC1C3. The van der Waals surface area contributed by atoms with Crippen molar-refractivity contribution in [2.45, 2.75) is 86.7 Å². The van der Waals surface area contributed by atoms with Crippen LogP contribution in [-0.4, -0.2) is 11.6 Å². The molecule has 0 radical (unpaired) electrons. The molecule has 0 atom stereocenters. The Morgan fingerprint density at radius 3 is 1.86 bits per heavy atom. The molecule has 0 saturated heterocycles. The van der Waals surface area contributed by atoms with Crippen molar-refractivity contribution in [3.8, 4) is 0 Å². The molecule has 2 heteroatoms. The summed E-state index contributed by atoms with van der Waals surface area (Å²) in [6.07, 6.45) is 7.47. The molecule has 0 N–H and O–H groups in total. The van der Waals surface area contributed by atoms with Crippen molar-refractivity contribution in [3.63, 3.8) is 0 Å². The van der Waals surface area contributed by atoms with E-state index in [9.17, 15) is 4.79 Å². The Morgan fingerprint density at radius 2 is 1.48 bits per heavy atom. The molecule has 0 aromatic heterocycles. The maximum atomic E-state index is 12.5. The normalized spacial score (nSPS) is 40.2. The van der Waals surface area contributed by atoms with Crippen LogP contribution in [0.4, 0.5) is 0 Å². The summed E-state index contributed by atoms with van der Waals surface area (Å²) in [7, 11) is 0. The van der Waals surface area contributed by atoms with Crippen molar-refractivity contribution < 1.29 is 9.53 Å². The van der Waals surface area contributed by atoms with E-state index in [1.807, 2.05) is 13.8 Å². The summed E-state index contributed by atoms with van der Waals surface area (Å²) in [6.45, 7) is 8.31. The number of rotatable bonds is 3. The smallest absolute Gasteiger partial charge is 0.312 e. The Labute approximate surface area is 132 Å². The fourth-order valence-corrected chi connectivity index (χ4v) is 4.77. The third-order valence-corrected chi connectivity index (χ3v) is 6.51.